The van der Waals surface area contributed by atoms with Gasteiger partial charge in [-0.25, -0.2) is 0 Å². The smallest absolute Gasteiger partial charge is 0.222 e. The number of hydrogen-bond acceptors (Lipinski definition) is 3. The Morgan fingerprint density at radius 2 is 1.96 bits per heavy atom. The highest BCUT2D eigenvalue weighted by molar-refractivity contribution is 6.42. The summed E-state index contributed by atoms with van der Waals surface area (Å²) in [6, 6.07) is 5.13. The van der Waals surface area contributed by atoms with Crippen molar-refractivity contribution < 1.29 is 9.53 Å². The zero-order valence-corrected chi connectivity index (χ0v) is 15.6. The molecular weight excluding hydrogens is 335 g/mol. The minimum absolute atomic E-state index is 0.334. The maximum Gasteiger partial charge on any atom is 0.222 e. The van der Waals surface area contributed by atoms with Gasteiger partial charge in [0.25, 0.3) is 0 Å². The topological polar surface area (TPSA) is 41.6 Å². The molecule has 130 valence electrons. The molecule has 1 heterocycles. The Morgan fingerprint density at radius 1 is 1.30 bits per heavy atom. The number of nitrogens with zero attached hydrogens (tertiary/aromatic N) is 1. The molecule has 1 aromatic rings. The highest BCUT2D eigenvalue weighted by Crippen LogP contribution is 2.25. The van der Waals surface area contributed by atoms with Crippen LogP contribution in [0.25, 0.3) is 0 Å². The first-order chi connectivity index (χ1) is 11.0. The third-order valence-corrected chi connectivity index (χ3v) is 4.40. The maximum absolute atomic E-state index is 11.6. The summed E-state index contributed by atoms with van der Waals surface area (Å²) in [5.41, 5.74) is 0. The van der Waals surface area contributed by atoms with Crippen LogP contribution in [-0.2, 0) is 4.79 Å². The van der Waals surface area contributed by atoms with Crippen LogP contribution >= 0.6 is 23.2 Å². The number of carbonyl (C=O) groups is 1. The van der Waals surface area contributed by atoms with Crippen LogP contribution in [0.5, 0.6) is 5.75 Å². The van der Waals surface area contributed by atoms with Crippen molar-refractivity contribution in [3.8, 4) is 5.75 Å². The lowest BCUT2D eigenvalue weighted by Crippen LogP contribution is -2.30. The molecule has 0 bridgehead atoms. The fourth-order valence-electron chi connectivity index (χ4n) is 2.42. The van der Waals surface area contributed by atoms with Crippen molar-refractivity contribution >= 4 is 29.1 Å². The van der Waals surface area contributed by atoms with Gasteiger partial charge < -0.3 is 15.0 Å². The molecule has 0 aliphatic carbocycles. The lowest BCUT2D eigenvalue weighted by molar-refractivity contribution is -0.130. The van der Waals surface area contributed by atoms with E-state index < -0.39 is 0 Å². The van der Waals surface area contributed by atoms with Crippen LogP contribution in [0.4, 0.5) is 0 Å². The average molecular weight is 361 g/mol. The molecule has 1 N–H and O–H groups in total. The summed E-state index contributed by atoms with van der Waals surface area (Å²) in [6.07, 6.45) is 3.07. The molecule has 2 rings (SSSR count). The van der Waals surface area contributed by atoms with E-state index in [1.54, 1.807) is 25.3 Å². The van der Waals surface area contributed by atoms with Gasteiger partial charge in [-0.3, -0.25) is 4.79 Å². The van der Waals surface area contributed by atoms with Gasteiger partial charge in [-0.05, 0) is 44.5 Å². The number of ether oxygens (including phenoxy) is 1. The second-order valence-electron chi connectivity index (χ2n) is 5.73. The largest absolute Gasteiger partial charge is 0.497 e. The SMILES string of the molecule is CNCC(C)CC(=O)N1CCCC1.COc1ccc(Cl)c(Cl)c1. The van der Waals surface area contributed by atoms with E-state index in [0.717, 1.165) is 25.4 Å². The molecule has 1 amide bonds. The van der Waals surface area contributed by atoms with Crippen molar-refractivity contribution in [2.45, 2.75) is 26.2 Å². The molecule has 6 heteroatoms. The molecule has 1 aliphatic heterocycles. The van der Waals surface area contributed by atoms with Gasteiger partial charge >= 0.3 is 0 Å². The Bertz CT molecular complexity index is 491. The Morgan fingerprint density at radius 3 is 2.48 bits per heavy atom. The number of amides is 1. The standard InChI is InChI=1S/C10H20N2O.C7H6Cl2O/c1-9(8-11-2)7-10(13)12-5-3-4-6-12;1-10-5-2-3-6(8)7(9)4-5/h9,11H,3-8H2,1-2H3;2-4H,1H3. The monoisotopic (exact) mass is 360 g/mol. The van der Waals surface area contributed by atoms with Gasteiger partial charge in [0.15, 0.2) is 0 Å². The number of methoxy groups -OCH3 is 1. The van der Waals surface area contributed by atoms with E-state index in [4.69, 9.17) is 27.9 Å². The van der Waals surface area contributed by atoms with Crippen LogP contribution in [0.2, 0.25) is 10.0 Å². The molecule has 1 fully saturated rings. The van der Waals surface area contributed by atoms with Gasteiger partial charge in [-0.2, -0.15) is 0 Å². The molecule has 0 saturated carbocycles. The molecule has 1 aliphatic rings. The summed E-state index contributed by atoms with van der Waals surface area (Å²) in [5.74, 6) is 1.51. The lowest BCUT2D eigenvalue weighted by Gasteiger charge is -2.17. The minimum atomic E-state index is 0.334. The zero-order chi connectivity index (χ0) is 17.2. The van der Waals surface area contributed by atoms with Crippen molar-refractivity contribution in [1.29, 1.82) is 0 Å². The Labute approximate surface area is 149 Å². The molecule has 0 spiro atoms. The first-order valence-corrected chi connectivity index (χ1v) is 8.65. The van der Waals surface area contributed by atoms with Gasteiger partial charge in [-0.15, -0.1) is 0 Å². The number of benzene rings is 1. The predicted octanol–water partition coefficient (Wildman–Crippen LogP) is 3.86. The Hall–Kier alpha value is -0.970. The summed E-state index contributed by atoms with van der Waals surface area (Å²) in [7, 11) is 3.51. The zero-order valence-electron chi connectivity index (χ0n) is 14.1. The quantitative estimate of drug-likeness (QED) is 0.866. The third-order valence-electron chi connectivity index (χ3n) is 3.66. The molecular formula is C17H26Cl2N2O2. The number of nitrogens with one attached hydrogen (secondary N) is 1. The molecule has 1 aromatic carbocycles. The Balaban J connectivity index is 0.000000238. The normalized spacial score (nSPS) is 14.9. The summed E-state index contributed by atoms with van der Waals surface area (Å²) in [5, 5.41) is 4.15. The van der Waals surface area contributed by atoms with E-state index in [9.17, 15) is 4.79 Å². The maximum atomic E-state index is 11.6. The summed E-state index contributed by atoms with van der Waals surface area (Å²) < 4.78 is 4.91. The van der Waals surface area contributed by atoms with Crippen molar-refractivity contribution in [3.63, 3.8) is 0 Å². The van der Waals surface area contributed by atoms with E-state index in [-0.39, 0.29) is 0 Å². The van der Waals surface area contributed by atoms with Gasteiger partial charge in [0.05, 0.1) is 17.2 Å². The summed E-state index contributed by atoms with van der Waals surface area (Å²) in [4.78, 5) is 13.6. The van der Waals surface area contributed by atoms with Gasteiger partial charge in [0, 0.05) is 25.6 Å². The third kappa shape index (κ3) is 7.42. The van der Waals surface area contributed by atoms with Crippen molar-refractivity contribution in [3.05, 3.63) is 28.2 Å². The van der Waals surface area contributed by atoms with Crippen LogP contribution in [0.15, 0.2) is 18.2 Å². The number of carbonyl (C=O) groups excluding carboxylic acids is 1. The van der Waals surface area contributed by atoms with E-state index in [0.29, 0.717) is 28.3 Å². The van der Waals surface area contributed by atoms with Gasteiger partial charge in [0.1, 0.15) is 5.75 Å². The van der Waals surface area contributed by atoms with Gasteiger partial charge in [0.2, 0.25) is 5.91 Å². The summed E-state index contributed by atoms with van der Waals surface area (Å²) >= 11 is 11.3. The Kier molecular flexibility index (Phi) is 9.37. The second-order valence-corrected chi connectivity index (χ2v) is 6.55. The van der Waals surface area contributed by atoms with Crippen LogP contribution in [0.1, 0.15) is 26.2 Å². The second kappa shape index (κ2) is 10.7. The minimum Gasteiger partial charge on any atom is -0.497 e. The van der Waals surface area contributed by atoms with Gasteiger partial charge in [-0.1, -0.05) is 30.1 Å². The van der Waals surface area contributed by atoms with E-state index in [1.807, 2.05) is 11.9 Å². The number of likely N-dealkylation sites (tertiary alicyclic amines) is 1. The number of hydrogen-bond donors (Lipinski definition) is 1. The number of rotatable bonds is 5. The molecule has 0 aromatic heterocycles. The molecule has 4 nitrogen and oxygen atoms in total. The predicted molar refractivity (Wildman–Crippen MR) is 96.5 cm³/mol. The van der Waals surface area contributed by atoms with Crippen LogP contribution in [-0.4, -0.2) is 44.6 Å². The average Bonchev–Trinajstić information content (AvgIpc) is 3.05. The van der Waals surface area contributed by atoms with Crippen molar-refractivity contribution in [2.24, 2.45) is 5.92 Å². The molecule has 1 saturated heterocycles. The first-order valence-electron chi connectivity index (χ1n) is 7.89. The first kappa shape index (κ1) is 20.1. The summed E-state index contributed by atoms with van der Waals surface area (Å²) in [6.45, 7) is 5.00. The highest BCUT2D eigenvalue weighted by Gasteiger charge is 2.19. The fraction of sp³-hybridized carbons (Fsp3) is 0.588. The van der Waals surface area contributed by atoms with Crippen molar-refractivity contribution in [1.82, 2.24) is 10.2 Å². The van der Waals surface area contributed by atoms with Crippen molar-refractivity contribution in [2.75, 3.05) is 33.8 Å². The van der Waals surface area contributed by atoms with Crippen LogP contribution in [0, 0.1) is 5.92 Å². The van der Waals surface area contributed by atoms with E-state index in [2.05, 4.69) is 12.2 Å². The van der Waals surface area contributed by atoms with Crippen LogP contribution < -0.4 is 10.1 Å². The fourth-order valence-corrected chi connectivity index (χ4v) is 2.71. The van der Waals surface area contributed by atoms with Crippen LogP contribution in [0.3, 0.4) is 0 Å². The number of halogens is 2. The molecule has 0 radical (unpaired) electrons. The molecule has 1 atom stereocenters. The highest BCUT2D eigenvalue weighted by atomic mass is 35.5. The molecule has 1 unspecified atom stereocenters. The van der Waals surface area contributed by atoms with E-state index >= 15 is 0 Å². The lowest BCUT2D eigenvalue weighted by atomic mass is 10.1. The van der Waals surface area contributed by atoms with E-state index in [1.165, 1.54) is 12.8 Å². The molecule has 23 heavy (non-hydrogen) atoms.